The fourth-order valence-corrected chi connectivity index (χ4v) is 4.62. The van der Waals surface area contributed by atoms with Gasteiger partial charge in [0.15, 0.2) is 5.96 Å². The van der Waals surface area contributed by atoms with E-state index in [0.717, 1.165) is 51.9 Å². The van der Waals surface area contributed by atoms with Gasteiger partial charge < -0.3 is 25.4 Å². The van der Waals surface area contributed by atoms with Crippen LogP contribution in [-0.4, -0.2) is 92.1 Å². The van der Waals surface area contributed by atoms with Gasteiger partial charge >= 0.3 is 0 Å². The maximum absolute atomic E-state index is 10.8. The molecule has 2 aliphatic heterocycles. The van der Waals surface area contributed by atoms with Crippen LogP contribution in [0.25, 0.3) is 0 Å². The van der Waals surface area contributed by atoms with Gasteiger partial charge in [-0.2, -0.15) is 11.8 Å². The molecular weight excluding hydrogens is 525 g/mol. The van der Waals surface area contributed by atoms with Crippen LogP contribution < -0.4 is 15.5 Å². The first-order valence-corrected chi connectivity index (χ1v) is 12.2. The zero-order valence-electron chi connectivity index (χ0n) is 18.8. The number of nitrogens with one attached hydrogen (secondary N) is 2. The Balaban J connectivity index is 0.00000341. The molecule has 0 amide bonds. The summed E-state index contributed by atoms with van der Waals surface area (Å²) in [6.07, 6.45) is 0. The summed E-state index contributed by atoms with van der Waals surface area (Å²) >= 11 is 2.03. The van der Waals surface area contributed by atoms with Crippen molar-refractivity contribution in [2.24, 2.45) is 4.99 Å². The predicted molar refractivity (Wildman–Crippen MR) is 142 cm³/mol. The van der Waals surface area contributed by atoms with E-state index in [1.54, 1.807) is 0 Å². The Morgan fingerprint density at radius 3 is 2.45 bits per heavy atom. The third-order valence-corrected chi connectivity index (χ3v) is 6.32. The molecule has 1 aromatic rings. The van der Waals surface area contributed by atoms with Gasteiger partial charge in [0.1, 0.15) is 0 Å². The molecule has 1 atom stereocenters. The summed E-state index contributed by atoms with van der Waals surface area (Å²) < 4.78 is 5.39. The van der Waals surface area contributed by atoms with Crippen LogP contribution in [-0.2, 0) is 11.3 Å². The number of hydrogen-bond donors (Lipinski definition) is 3. The van der Waals surface area contributed by atoms with Crippen molar-refractivity contribution in [3.8, 4) is 0 Å². The summed E-state index contributed by atoms with van der Waals surface area (Å²) in [7, 11) is 0. The van der Waals surface area contributed by atoms with Crippen LogP contribution in [0.5, 0.6) is 0 Å². The van der Waals surface area contributed by atoms with Crippen LogP contribution in [0, 0.1) is 0 Å². The molecule has 1 unspecified atom stereocenters. The average molecular weight is 564 g/mol. The van der Waals surface area contributed by atoms with E-state index in [-0.39, 0.29) is 24.0 Å². The van der Waals surface area contributed by atoms with Gasteiger partial charge in [-0.1, -0.05) is 12.1 Å². The topological polar surface area (TPSA) is 72.4 Å². The minimum Gasteiger partial charge on any atom is -0.387 e. The number of ether oxygens (including phenoxy) is 1. The van der Waals surface area contributed by atoms with E-state index < -0.39 is 5.60 Å². The molecule has 3 N–H and O–H groups in total. The molecule has 7 nitrogen and oxygen atoms in total. The van der Waals surface area contributed by atoms with E-state index >= 15 is 0 Å². The molecule has 31 heavy (non-hydrogen) atoms. The number of aliphatic imine (C=N–C) groups is 1. The standard InChI is InChI=1S/C22H37N5O2S.HI/c1-3-23-21(25-17-22(2,28)18-26-8-12-29-13-9-26)24-16-19-4-6-20(7-5-19)27-10-14-30-15-11-27;/h4-7,28H,3,8-18H2,1-2H3,(H2,23,24,25);1H. The molecule has 176 valence electrons. The summed E-state index contributed by atoms with van der Waals surface area (Å²) in [4.78, 5) is 9.41. The van der Waals surface area contributed by atoms with Gasteiger partial charge in [-0.3, -0.25) is 4.90 Å². The second-order valence-corrected chi connectivity index (χ2v) is 9.42. The number of aliphatic hydroxyl groups is 1. The van der Waals surface area contributed by atoms with Crippen LogP contribution >= 0.6 is 35.7 Å². The number of β-amino-alcohol motifs (C(OH)–C–C–N with tert-alkyl or cyclic N) is 1. The molecule has 2 saturated heterocycles. The highest BCUT2D eigenvalue weighted by Crippen LogP contribution is 2.20. The minimum atomic E-state index is -0.831. The number of morpholine rings is 1. The molecule has 0 bridgehead atoms. The SMILES string of the molecule is CCNC(=NCc1ccc(N2CCSCC2)cc1)NCC(C)(O)CN1CCOCC1.I. The monoisotopic (exact) mass is 563 g/mol. The Kier molecular flexibility index (Phi) is 11.7. The highest BCUT2D eigenvalue weighted by molar-refractivity contribution is 14.0. The Bertz CT molecular complexity index is 662. The third-order valence-electron chi connectivity index (χ3n) is 5.38. The largest absolute Gasteiger partial charge is 0.387 e. The minimum absolute atomic E-state index is 0. The van der Waals surface area contributed by atoms with E-state index in [1.165, 1.54) is 22.8 Å². The molecule has 1 aromatic carbocycles. The van der Waals surface area contributed by atoms with E-state index in [1.807, 2.05) is 18.7 Å². The van der Waals surface area contributed by atoms with Crippen molar-refractivity contribution in [3.05, 3.63) is 29.8 Å². The van der Waals surface area contributed by atoms with Gasteiger partial charge in [0.25, 0.3) is 0 Å². The molecular formula is C22H38IN5O2S. The van der Waals surface area contributed by atoms with Crippen molar-refractivity contribution in [1.29, 1.82) is 0 Å². The highest BCUT2D eigenvalue weighted by Gasteiger charge is 2.25. The van der Waals surface area contributed by atoms with Gasteiger partial charge in [0.2, 0.25) is 0 Å². The van der Waals surface area contributed by atoms with Crippen LogP contribution in [0.15, 0.2) is 29.3 Å². The number of benzene rings is 1. The normalized spacial score (nSPS) is 20.0. The Hall–Kier alpha value is -0.750. The van der Waals surface area contributed by atoms with Crippen LogP contribution in [0.1, 0.15) is 19.4 Å². The number of thioether (sulfide) groups is 1. The summed E-state index contributed by atoms with van der Waals surface area (Å²) in [5.74, 6) is 3.15. The summed E-state index contributed by atoms with van der Waals surface area (Å²) in [6, 6.07) is 8.74. The van der Waals surface area contributed by atoms with Crippen molar-refractivity contribution in [1.82, 2.24) is 15.5 Å². The Morgan fingerprint density at radius 2 is 1.81 bits per heavy atom. The highest BCUT2D eigenvalue weighted by atomic mass is 127. The van der Waals surface area contributed by atoms with Crippen molar-refractivity contribution in [3.63, 3.8) is 0 Å². The quantitative estimate of drug-likeness (QED) is 0.254. The summed E-state index contributed by atoms with van der Waals surface area (Å²) in [6.45, 7) is 11.9. The first kappa shape index (κ1) is 26.5. The molecule has 2 aliphatic rings. The van der Waals surface area contributed by atoms with E-state index in [0.29, 0.717) is 19.6 Å². The molecule has 0 radical (unpaired) electrons. The third kappa shape index (κ3) is 9.33. The van der Waals surface area contributed by atoms with Crippen molar-refractivity contribution >= 4 is 47.4 Å². The molecule has 3 rings (SSSR count). The first-order valence-electron chi connectivity index (χ1n) is 11.0. The van der Waals surface area contributed by atoms with Crippen molar-refractivity contribution in [2.75, 3.05) is 75.4 Å². The fraction of sp³-hybridized carbons (Fsp3) is 0.682. The molecule has 0 saturated carbocycles. The zero-order chi connectivity index (χ0) is 21.2. The number of guanidine groups is 1. The predicted octanol–water partition coefficient (Wildman–Crippen LogP) is 2.00. The van der Waals surface area contributed by atoms with E-state index in [2.05, 4.69) is 51.6 Å². The molecule has 2 fully saturated rings. The van der Waals surface area contributed by atoms with Crippen molar-refractivity contribution < 1.29 is 9.84 Å². The Labute approximate surface area is 208 Å². The van der Waals surface area contributed by atoms with Crippen molar-refractivity contribution in [2.45, 2.75) is 26.0 Å². The molecule has 9 heteroatoms. The fourth-order valence-electron chi connectivity index (χ4n) is 3.72. The van der Waals surface area contributed by atoms with Gasteiger partial charge in [0.05, 0.1) is 25.4 Å². The lowest BCUT2D eigenvalue weighted by atomic mass is 10.1. The Morgan fingerprint density at radius 1 is 1.13 bits per heavy atom. The summed E-state index contributed by atoms with van der Waals surface area (Å²) in [5.41, 5.74) is 1.65. The number of halogens is 1. The first-order chi connectivity index (χ1) is 14.6. The number of rotatable bonds is 8. The van der Waals surface area contributed by atoms with Gasteiger partial charge in [0, 0.05) is 63.0 Å². The van der Waals surface area contributed by atoms with Crippen LogP contribution in [0.3, 0.4) is 0 Å². The van der Waals surface area contributed by atoms with Crippen LogP contribution in [0.4, 0.5) is 5.69 Å². The molecule has 0 aromatic heterocycles. The lowest BCUT2D eigenvalue weighted by molar-refractivity contribution is -0.0201. The molecule has 0 aliphatic carbocycles. The van der Waals surface area contributed by atoms with Crippen LogP contribution in [0.2, 0.25) is 0 Å². The number of hydrogen-bond acceptors (Lipinski definition) is 6. The van der Waals surface area contributed by atoms with E-state index in [9.17, 15) is 5.11 Å². The second-order valence-electron chi connectivity index (χ2n) is 8.20. The number of nitrogens with zero attached hydrogens (tertiary/aromatic N) is 3. The van der Waals surface area contributed by atoms with E-state index in [4.69, 9.17) is 9.73 Å². The maximum atomic E-state index is 10.8. The zero-order valence-corrected chi connectivity index (χ0v) is 22.0. The second kappa shape index (κ2) is 13.7. The smallest absolute Gasteiger partial charge is 0.191 e. The lowest BCUT2D eigenvalue weighted by Gasteiger charge is -2.34. The maximum Gasteiger partial charge on any atom is 0.191 e. The number of anilines is 1. The average Bonchev–Trinajstić information content (AvgIpc) is 2.77. The molecule has 2 heterocycles. The summed E-state index contributed by atoms with van der Waals surface area (Å²) in [5, 5.41) is 17.4. The lowest BCUT2D eigenvalue weighted by Crippen LogP contribution is -2.52. The molecule has 0 spiro atoms. The van der Waals surface area contributed by atoms with Gasteiger partial charge in [-0.25, -0.2) is 4.99 Å². The van der Waals surface area contributed by atoms with Gasteiger partial charge in [-0.15, -0.1) is 24.0 Å². The van der Waals surface area contributed by atoms with Gasteiger partial charge in [-0.05, 0) is 31.5 Å².